The largest absolute Gasteiger partial charge is 0.414 e. The zero-order valence-electron chi connectivity index (χ0n) is 9.48. The van der Waals surface area contributed by atoms with Crippen LogP contribution < -0.4 is 0 Å². The van der Waals surface area contributed by atoms with Crippen LogP contribution in [-0.4, -0.2) is 40.7 Å². The minimum Gasteiger partial charge on any atom is -0.383 e. The molecule has 1 aromatic heterocycles. The number of hydrogen-bond donors (Lipinski definition) is 1. The van der Waals surface area contributed by atoms with Gasteiger partial charge in [0, 0.05) is 12.5 Å². The molecule has 0 saturated carbocycles. The highest BCUT2D eigenvalue weighted by atomic mass is 19.4. The molecule has 0 aromatic carbocycles. The lowest BCUT2D eigenvalue weighted by molar-refractivity contribution is -0.204. The maximum Gasteiger partial charge on any atom is 0.414 e. The summed E-state index contributed by atoms with van der Waals surface area (Å²) in [6.45, 7) is 1.12. The predicted molar refractivity (Wildman–Crippen MR) is 52.9 cm³/mol. The van der Waals surface area contributed by atoms with Gasteiger partial charge in [-0.25, -0.2) is 0 Å². The van der Waals surface area contributed by atoms with Crippen molar-refractivity contribution in [2.45, 2.75) is 37.5 Å². The average molecular weight is 266 g/mol. The first-order chi connectivity index (χ1) is 8.47. The Balaban J connectivity index is 1.97. The molecule has 2 atom stereocenters. The molecular weight excluding hydrogens is 253 g/mol. The van der Waals surface area contributed by atoms with Crippen molar-refractivity contribution in [1.82, 2.24) is 10.1 Å². The fourth-order valence-corrected chi connectivity index (χ4v) is 1.74. The first kappa shape index (κ1) is 13.3. The van der Waals surface area contributed by atoms with Gasteiger partial charge in [0.05, 0.1) is 13.0 Å². The maximum absolute atomic E-state index is 12.1. The molecule has 0 spiro atoms. The molecule has 1 aromatic rings. The van der Waals surface area contributed by atoms with E-state index in [2.05, 4.69) is 10.1 Å². The number of rotatable bonds is 3. The highest BCUT2D eigenvalue weighted by Gasteiger charge is 2.39. The Bertz CT molecular complexity index is 388. The number of hydrogen-bond acceptors (Lipinski definition) is 5. The van der Waals surface area contributed by atoms with Crippen molar-refractivity contribution < 1.29 is 27.5 Å². The molecule has 0 amide bonds. The normalized spacial score (nSPS) is 23.0. The second kappa shape index (κ2) is 5.23. The van der Waals surface area contributed by atoms with Gasteiger partial charge in [0.15, 0.2) is 11.9 Å². The van der Waals surface area contributed by atoms with Crippen LogP contribution in [0.25, 0.3) is 0 Å². The van der Waals surface area contributed by atoms with Crippen LogP contribution in [0.3, 0.4) is 0 Å². The minimum absolute atomic E-state index is 0.0423. The first-order valence-corrected chi connectivity index (χ1v) is 5.62. The summed E-state index contributed by atoms with van der Waals surface area (Å²) >= 11 is 0. The highest BCUT2D eigenvalue weighted by Crippen LogP contribution is 2.25. The minimum atomic E-state index is -4.68. The van der Waals surface area contributed by atoms with Gasteiger partial charge in [-0.15, -0.1) is 0 Å². The number of halogens is 3. The molecule has 8 heteroatoms. The molecule has 1 fully saturated rings. The lowest BCUT2D eigenvalue weighted by atomic mass is 10.0. The van der Waals surface area contributed by atoms with Gasteiger partial charge in [-0.1, -0.05) is 5.16 Å². The summed E-state index contributed by atoms with van der Waals surface area (Å²) < 4.78 is 46.3. The standard InChI is InChI=1S/C10H13F3N2O3/c11-10(12,13)7(16)4-8-14-9(15-18-8)6-2-1-3-17-5-6/h6-7,16H,1-5H2. The molecule has 1 aliphatic heterocycles. The zero-order chi connectivity index (χ0) is 13.2. The first-order valence-electron chi connectivity index (χ1n) is 5.62. The Labute approximate surface area is 101 Å². The Hall–Kier alpha value is -1.15. The van der Waals surface area contributed by atoms with E-state index in [1.165, 1.54) is 0 Å². The average Bonchev–Trinajstić information content (AvgIpc) is 2.77. The molecule has 5 nitrogen and oxygen atoms in total. The Morgan fingerprint density at radius 3 is 2.83 bits per heavy atom. The molecule has 2 unspecified atom stereocenters. The summed E-state index contributed by atoms with van der Waals surface area (Å²) in [6.07, 6.45) is -6.19. The second-order valence-corrected chi connectivity index (χ2v) is 4.22. The lowest BCUT2D eigenvalue weighted by Gasteiger charge is -2.18. The van der Waals surface area contributed by atoms with E-state index < -0.39 is 18.7 Å². The number of aliphatic hydroxyl groups excluding tert-OH is 1. The fourth-order valence-electron chi connectivity index (χ4n) is 1.74. The van der Waals surface area contributed by atoms with Gasteiger partial charge in [-0.3, -0.25) is 0 Å². The van der Waals surface area contributed by atoms with Crippen LogP contribution >= 0.6 is 0 Å². The number of alkyl halides is 3. The van der Waals surface area contributed by atoms with Crippen molar-refractivity contribution >= 4 is 0 Å². The van der Waals surface area contributed by atoms with E-state index in [0.717, 1.165) is 12.8 Å². The Kier molecular flexibility index (Phi) is 3.86. The van der Waals surface area contributed by atoms with Crippen LogP contribution in [0.1, 0.15) is 30.5 Å². The third kappa shape index (κ3) is 3.20. The summed E-state index contributed by atoms with van der Waals surface area (Å²) in [7, 11) is 0. The van der Waals surface area contributed by atoms with Crippen LogP contribution in [0.2, 0.25) is 0 Å². The maximum atomic E-state index is 12.1. The highest BCUT2D eigenvalue weighted by molar-refractivity contribution is 4.97. The van der Waals surface area contributed by atoms with Crippen molar-refractivity contribution in [2.24, 2.45) is 0 Å². The summed E-state index contributed by atoms with van der Waals surface area (Å²) in [5.74, 6) is 0.0961. The quantitative estimate of drug-likeness (QED) is 0.896. The molecule has 1 N–H and O–H groups in total. The SMILES string of the molecule is OC(Cc1nc(C2CCCOC2)no1)C(F)(F)F. The molecule has 1 saturated heterocycles. The van der Waals surface area contributed by atoms with Crippen molar-refractivity contribution in [2.75, 3.05) is 13.2 Å². The number of nitrogens with zero attached hydrogens (tertiary/aromatic N) is 2. The van der Waals surface area contributed by atoms with Crippen molar-refractivity contribution in [3.63, 3.8) is 0 Å². The van der Waals surface area contributed by atoms with E-state index in [1.54, 1.807) is 0 Å². The van der Waals surface area contributed by atoms with Gasteiger partial charge in [0.1, 0.15) is 0 Å². The molecule has 0 aliphatic carbocycles. The summed E-state index contributed by atoms with van der Waals surface area (Å²) in [6, 6.07) is 0. The van der Waals surface area contributed by atoms with Crippen molar-refractivity contribution in [1.29, 1.82) is 0 Å². The topological polar surface area (TPSA) is 68.4 Å². The van der Waals surface area contributed by atoms with Gasteiger partial charge >= 0.3 is 6.18 Å². The van der Waals surface area contributed by atoms with Crippen LogP contribution in [0.15, 0.2) is 4.52 Å². The van der Waals surface area contributed by atoms with E-state index >= 15 is 0 Å². The monoisotopic (exact) mass is 266 g/mol. The molecule has 102 valence electrons. The Morgan fingerprint density at radius 2 is 2.22 bits per heavy atom. The fraction of sp³-hybridized carbons (Fsp3) is 0.800. The summed E-state index contributed by atoms with van der Waals surface area (Å²) in [5.41, 5.74) is 0. The smallest absolute Gasteiger partial charge is 0.383 e. The summed E-state index contributed by atoms with van der Waals surface area (Å²) in [5, 5.41) is 12.5. The third-order valence-corrected chi connectivity index (χ3v) is 2.76. The molecule has 0 radical (unpaired) electrons. The van der Waals surface area contributed by atoms with Crippen molar-refractivity contribution in [3.05, 3.63) is 11.7 Å². The molecule has 18 heavy (non-hydrogen) atoms. The van der Waals surface area contributed by atoms with Gasteiger partial charge in [0.25, 0.3) is 0 Å². The van der Waals surface area contributed by atoms with Gasteiger partial charge in [0.2, 0.25) is 5.89 Å². The Morgan fingerprint density at radius 1 is 1.44 bits per heavy atom. The van der Waals surface area contributed by atoms with E-state index in [0.29, 0.717) is 19.0 Å². The van der Waals surface area contributed by atoms with Gasteiger partial charge < -0.3 is 14.4 Å². The van der Waals surface area contributed by atoms with Crippen LogP contribution in [0.5, 0.6) is 0 Å². The van der Waals surface area contributed by atoms with E-state index in [1.807, 2.05) is 0 Å². The number of ether oxygens (including phenoxy) is 1. The van der Waals surface area contributed by atoms with Crippen LogP contribution in [-0.2, 0) is 11.2 Å². The van der Waals surface area contributed by atoms with Crippen molar-refractivity contribution in [3.8, 4) is 0 Å². The second-order valence-electron chi connectivity index (χ2n) is 4.22. The molecule has 0 bridgehead atoms. The lowest BCUT2D eigenvalue weighted by Crippen LogP contribution is -2.30. The zero-order valence-corrected chi connectivity index (χ0v) is 9.48. The molecule has 2 heterocycles. The van der Waals surface area contributed by atoms with E-state index in [4.69, 9.17) is 14.4 Å². The van der Waals surface area contributed by atoms with Gasteiger partial charge in [-0.05, 0) is 12.8 Å². The van der Waals surface area contributed by atoms with E-state index in [9.17, 15) is 13.2 Å². The van der Waals surface area contributed by atoms with Gasteiger partial charge in [-0.2, -0.15) is 18.2 Å². The summed E-state index contributed by atoms with van der Waals surface area (Å²) in [4.78, 5) is 3.87. The molecular formula is C10H13F3N2O3. The number of aromatic nitrogens is 2. The molecule has 2 rings (SSSR count). The van der Waals surface area contributed by atoms with Crippen LogP contribution in [0.4, 0.5) is 13.2 Å². The van der Waals surface area contributed by atoms with Crippen LogP contribution in [0, 0.1) is 0 Å². The predicted octanol–water partition coefficient (Wildman–Crippen LogP) is 1.43. The molecule has 1 aliphatic rings. The van der Waals surface area contributed by atoms with E-state index in [-0.39, 0.29) is 11.8 Å². The number of aliphatic hydroxyl groups is 1. The third-order valence-electron chi connectivity index (χ3n) is 2.76.